The van der Waals surface area contributed by atoms with Gasteiger partial charge in [-0.15, -0.1) is 10.2 Å². The molecule has 1 aliphatic rings. The normalized spacial score (nSPS) is 11.8. The Morgan fingerprint density at radius 2 is 1.79 bits per heavy atom. The zero-order chi connectivity index (χ0) is 19.5. The second kappa shape index (κ2) is 7.36. The van der Waals surface area contributed by atoms with Gasteiger partial charge in [0.15, 0.2) is 28.8 Å². The molecule has 3 aromatic rings. The van der Waals surface area contributed by atoms with Crippen LogP contribution in [0.1, 0.15) is 27.8 Å². The fourth-order valence-corrected chi connectivity index (χ4v) is 2.65. The van der Waals surface area contributed by atoms with Crippen molar-refractivity contribution in [3.63, 3.8) is 0 Å². The van der Waals surface area contributed by atoms with Gasteiger partial charge in [0.25, 0.3) is 5.91 Å². The van der Waals surface area contributed by atoms with Crippen molar-refractivity contribution in [2.24, 2.45) is 0 Å². The number of ketones is 1. The molecule has 2 N–H and O–H groups in total. The quantitative estimate of drug-likeness (QED) is 0.658. The lowest BCUT2D eigenvalue weighted by Crippen LogP contribution is -2.15. The minimum atomic E-state index is -0.414. The van der Waals surface area contributed by atoms with Crippen LogP contribution in [0.25, 0.3) is 0 Å². The molecular weight excluding hydrogens is 360 g/mol. The number of nitrogens with zero attached hydrogens (tertiary/aromatic N) is 2. The van der Waals surface area contributed by atoms with E-state index in [4.69, 9.17) is 9.47 Å². The first kappa shape index (κ1) is 17.5. The largest absolute Gasteiger partial charge is 0.454 e. The standard InChI is InChI=1S/C20H16N4O4/c1-12(25)13-3-2-4-14(9-13)22-20(26)16-6-8-19(24-23-16)21-15-5-7-17-18(10-15)28-11-27-17/h2-10H,11H2,1H3,(H,21,24)(H,22,26). The first-order valence-electron chi connectivity index (χ1n) is 8.51. The third kappa shape index (κ3) is 3.75. The van der Waals surface area contributed by atoms with Crippen LogP contribution >= 0.6 is 0 Å². The number of benzene rings is 2. The van der Waals surface area contributed by atoms with E-state index in [1.54, 1.807) is 48.5 Å². The Kier molecular flexibility index (Phi) is 4.59. The van der Waals surface area contributed by atoms with Gasteiger partial charge in [-0.25, -0.2) is 0 Å². The molecule has 1 aliphatic heterocycles. The van der Waals surface area contributed by atoms with E-state index in [9.17, 15) is 9.59 Å². The van der Waals surface area contributed by atoms with Crippen LogP contribution in [0.3, 0.4) is 0 Å². The average Bonchev–Trinajstić information content (AvgIpc) is 3.16. The van der Waals surface area contributed by atoms with Crippen molar-refractivity contribution >= 4 is 28.9 Å². The van der Waals surface area contributed by atoms with Gasteiger partial charge in [-0.1, -0.05) is 12.1 Å². The number of carbonyl (C=O) groups is 2. The molecule has 0 unspecified atom stereocenters. The molecule has 0 spiro atoms. The summed E-state index contributed by atoms with van der Waals surface area (Å²) in [4.78, 5) is 23.8. The number of hydrogen-bond donors (Lipinski definition) is 2. The van der Waals surface area contributed by atoms with Gasteiger partial charge in [0, 0.05) is 23.0 Å². The highest BCUT2D eigenvalue weighted by Crippen LogP contribution is 2.34. The molecule has 2 aromatic carbocycles. The molecule has 1 aromatic heterocycles. The van der Waals surface area contributed by atoms with Crippen LogP contribution in [0.2, 0.25) is 0 Å². The molecule has 28 heavy (non-hydrogen) atoms. The second-order valence-corrected chi connectivity index (χ2v) is 6.09. The zero-order valence-electron chi connectivity index (χ0n) is 14.9. The number of nitrogens with one attached hydrogen (secondary N) is 2. The SMILES string of the molecule is CC(=O)c1cccc(NC(=O)c2ccc(Nc3ccc4c(c3)OCO4)nn2)c1. The summed E-state index contributed by atoms with van der Waals surface area (Å²) in [6, 6.07) is 15.4. The lowest BCUT2D eigenvalue weighted by atomic mass is 10.1. The highest BCUT2D eigenvalue weighted by Gasteiger charge is 2.14. The summed E-state index contributed by atoms with van der Waals surface area (Å²) in [5.74, 6) is 1.34. The number of anilines is 3. The Balaban J connectivity index is 1.43. The average molecular weight is 376 g/mol. The fourth-order valence-electron chi connectivity index (χ4n) is 2.65. The van der Waals surface area contributed by atoms with E-state index in [0.29, 0.717) is 28.6 Å². The van der Waals surface area contributed by atoms with Crippen LogP contribution < -0.4 is 20.1 Å². The van der Waals surface area contributed by atoms with Crippen LogP contribution in [0.15, 0.2) is 54.6 Å². The zero-order valence-corrected chi connectivity index (χ0v) is 14.9. The molecule has 140 valence electrons. The highest BCUT2D eigenvalue weighted by atomic mass is 16.7. The third-order valence-electron chi connectivity index (χ3n) is 4.07. The van der Waals surface area contributed by atoms with Gasteiger partial charge < -0.3 is 20.1 Å². The van der Waals surface area contributed by atoms with Crippen molar-refractivity contribution in [1.29, 1.82) is 0 Å². The van der Waals surface area contributed by atoms with Gasteiger partial charge in [0.1, 0.15) is 0 Å². The van der Waals surface area contributed by atoms with Gasteiger partial charge in [-0.05, 0) is 43.3 Å². The molecule has 0 bridgehead atoms. The summed E-state index contributed by atoms with van der Waals surface area (Å²) in [5.41, 5.74) is 1.95. The van der Waals surface area contributed by atoms with Crippen molar-refractivity contribution in [3.8, 4) is 11.5 Å². The molecular formula is C20H16N4O4. The molecule has 8 heteroatoms. The Hall–Kier alpha value is -3.94. The fraction of sp³-hybridized carbons (Fsp3) is 0.100. The number of amides is 1. The molecule has 0 saturated heterocycles. The molecule has 0 atom stereocenters. The molecule has 0 radical (unpaired) electrons. The molecule has 8 nitrogen and oxygen atoms in total. The van der Waals surface area contributed by atoms with Crippen molar-refractivity contribution in [2.45, 2.75) is 6.92 Å². The minimum absolute atomic E-state index is 0.0742. The van der Waals surface area contributed by atoms with Crippen LogP contribution in [0, 0.1) is 0 Å². The van der Waals surface area contributed by atoms with Gasteiger partial charge in [-0.2, -0.15) is 0 Å². The van der Waals surface area contributed by atoms with Crippen LogP contribution in [-0.2, 0) is 0 Å². The van der Waals surface area contributed by atoms with E-state index in [1.165, 1.54) is 6.92 Å². The van der Waals surface area contributed by atoms with Gasteiger partial charge >= 0.3 is 0 Å². The predicted octanol–water partition coefficient (Wildman–Crippen LogP) is 3.40. The summed E-state index contributed by atoms with van der Waals surface area (Å²) in [7, 11) is 0. The van der Waals surface area contributed by atoms with Crippen LogP contribution in [0.5, 0.6) is 11.5 Å². The van der Waals surface area contributed by atoms with Gasteiger partial charge in [0.2, 0.25) is 6.79 Å². The smallest absolute Gasteiger partial charge is 0.276 e. The van der Waals surface area contributed by atoms with E-state index in [1.807, 2.05) is 6.07 Å². The Bertz CT molecular complexity index is 1050. The van der Waals surface area contributed by atoms with E-state index < -0.39 is 5.91 Å². The summed E-state index contributed by atoms with van der Waals surface area (Å²) in [5, 5.41) is 13.8. The maximum absolute atomic E-state index is 12.3. The molecule has 0 saturated carbocycles. The molecule has 0 aliphatic carbocycles. The van der Waals surface area contributed by atoms with E-state index in [0.717, 1.165) is 5.69 Å². The first-order valence-corrected chi connectivity index (χ1v) is 8.51. The third-order valence-corrected chi connectivity index (χ3v) is 4.07. The number of aromatic nitrogens is 2. The van der Waals surface area contributed by atoms with Crippen molar-refractivity contribution in [2.75, 3.05) is 17.4 Å². The summed E-state index contributed by atoms with van der Waals surface area (Å²) >= 11 is 0. The molecule has 4 rings (SSSR count). The summed E-state index contributed by atoms with van der Waals surface area (Å²) < 4.78 is 10.6. The van der Waals surface area contributed by atoms with Crippen LogP contribution in [-0.4, -0.2) is 28.7 Å². The minimum Gasteiger partial charge on any atom is -0.454 e. The van der Waals surface area contributed by atoms with Crippen LogP contribution in [0.4, 0.5) is 17.2 Å². The van der Waals surface area contributed by atoms with E-state index >= 15 is 0 Å². The summed E-state index contributed by atoms with van der Waals surface area (Å²) in [6.07, 6.45) is 0. The Morgan fingerprint density at radius 3 is 2.57 bits per heavy atom. The number of carbonyl (C=O) groups excluding carboxylic acids is 2. The number of hydrogen-bond acceptors (Lipinski definition) is 7. The monoisotopic (exact) mass is 376 g/mol. The topological polar surface area (TPSA) is 102 Å². The molecule has 0 fully saturated rings. The lowest BCUT2D eigenvalue weighted by molar-refractivity contribution is 0.100. The number of fused-ring (bicyclic) bond motifs is 1. The number of Topliss-reactive ketones (excluding diaryl/α,β-unsaturated/α-hetero) is 1. The van der Waals surface area contributed by atoms with Gasteiger partial charge in [0.05, 0.1) is 0 Å². The summed E-state index contributed by atoms with van der Waals surface area (Å²) in [6.45, 7) is 1.68. The van der Waals surface area contributed by atoms with Crippen molar-refractivity contribution in [1.82, 2.24) is 10.2 Å². The number of ether oxygens (including phenoxy) is 2. The lowest BCUT2D eigenvalue weighted by Gasteiger charge is -2.08. The van der Waals surface area contributed by atoms with Gasteiger partial charge in [-0.3, -0.25) is 9.59 Å². The first-order chi connectivity index (χ1) is 13.6. The highest BCUT2D eigenvalue weighted by molar-refractivity contribution is 6.03. The molecule has 1 amide bonds. The Morgan fingerprint density at radius 1 is 0.929 bits per heavy atom. The maximum Gasteiger partial charge on any atom is 0.276 e. The van der Waals surface area contributed by atoms with Crippen molar-refractivity contribution in [3.05, 3.63) is 65.9 Å². The predicted molar refractivity (Wildman–Crippen MR) is 102 cm³/mol. The van der Waals surface area contributed by atoms with E-state index in [-0.39, 0.29) is 18.3 Å². The van der Waals surface area contributed by atoms with Crippen molar-refractivity contribution < 1.29 is 19.1 Å². The molecule has 2 heterocycles. The Labute approximate surface area is 160 Å². The second-order valence-electron chi connectivity index (χ2n) is 6.09. The number of rotatable bonds is 5. The maximum atomic E-state index is 12.3. The van der Waals surface area contributed by atoms with E-state index in [2.05, 4.69) is 20.8 Å².